The Hall–Kier alpha value is -1.52. The van der Waals surface area contributed by atoms with E-state index in [-0.39, 0.29) is 6.61 Å². The molecule has 0 radical (unpaired) electrons. The summed E-state index contributed by atoms with van der Waals surface area (Å²) >= 11 is 3.54. The Bertz CT molecular complexity index is 584. The van der Waals surface area contributed by atoms with Gasteiger partial charge in [-0.3, -0.25) is 0 Å². The van der Waals surface area contributed by atoms with Gasteiger partial charge in [0.25, 0.3) is 0 Å². The molecule has 2 N–H and O–H groups in total. The number of hydrogen-bond donors (Lipinski definition) is 2. The zero-order chi connectivity index (χ0) is 15.2. The van der Waals surface area contributed by atoms with Gasteiger partial charge in [-0.2, -0.15) is 0 Å². The van der Waals surface area contributed by atoms with Crippen LogP contribution in [0.3, 0.4) is 0 Å². The van der Waals surface area contributed by atoms with Crippen molar-refractivity contribution in [1.29, 1.82) is 0 Å². The first-order chi connectivity index (χ1) is 10.1. The standard InChI is InChI=1S/C17H20BrNO2/c1-12-6-8-15(9-7-12)21-11-14(20)10-19-16-5-3-4-13(2)17(16)18/h3-9,14,19-20H,10-11H2,1-2H3. The molecule has 0 saturated heterocycles. The number of benzene rings is 2. The van der Waals surface area contributed by atoms with Crippen LogP contribution in [0.5, 0.6) is 5.75 Å². The van der Waals surface area contributed by atoms with Crippen molar-refractivity contribution in [2.75, 3.05) is 18.5 Å². The van der Waals surface area contributed by atoms with Crippen molar-refractivity contribution in [3.8, 4) is 5.75 Å². The molecule has 0 saturated carbocycles. The van der Waals surface area contributed by atoms with Crippen LogP contribution in [0.1, 0.15) is 11.1 Å². The topological polar surface area (TPSA) is 41.5 Å². The van der Waals surface area contributed by atoms with Gasteiger partial charge in [0, 0.05) is 16.7 Å². The lowest BCUT2D eigenvalue weighted by atomic mass is 10.2. The minimum absolute atomic E-state index is 0.263. The van der Waals surface area contributed by atoms with Crippen molar-refractivity contribution in [3.63, 3.8) is 0 Å². The second-order valence-corrected chi connectivity index (χ2v) is 5.89. The summed E-state index contributed by atoms with van der Waals surface area (Å²) in [5.41, 5.74) is 3.32. The van der Waals surface area contributed by atoms with Gasteiger partial charge in [0.2, 0.25) is 0 Å². The van der Waals surface area contributed by atoms with Gasteiger partial charge in [-0.1, -0.05) is 29.8 Å². The van der Waals surface area contributed by atoms with E-state index in [2.05, 4.69) is 21.2 Å². The molecule has 112 valence electrons. The number of aryl methyl sites for hydroxylation is 2. The van der Waals surface area contributed by atoms with E-state index in [1.165, 1.54) is 5.56 Å². The van der Waals surface area contributed by atoms with Gasteiger partial charge in [-0.05, 0) is 53.5 Å². The van der Waals surface area contributed by atoms with Crippen molar-refractivity contribution in [1.82, 2.24) is 0 Å². The maximum absolute atomic E-state index is 9.98. The molecule has 2 rings (SSSR count). The van der Waals surface area contributed by atoms with Crippen molar-refractivity contribution in [2.45, 2.75) is 20.0 Å². The number of halogens is 1. The van der Waals surface area contributed by atoms with E-state index >= 15 is 0 Å². The lowest BCUT2D eigenvalue weighted by molar-refractivity contribution is 0.117. The van der Waals surface area contributed by atoms with Crippen molar-refractivity contribution >= 4 is 21.6 Å². The van der Waals surface area contributed by atoms with E-state index in [0.29, 0.717) is 6.54 Å². The fourth-order valence-corrected chi connectivity index (χ4v) is 2.30. The van der Waals surface area contributed by atoms with Gasteiger partial charge in [-0.25, -0.2) is 0 Å². The van der Waals surface area contributed by atoms with E-state index in [1.54, 1.807) is 0 Å². The molecule has 0 fully saturated rings. The van der Waals surface area contributed by atoms with Crippen LogP contribution in [0, 0.1) is 13.8 Å². The summed E-state index contributed by atoms with van der Waals surface area (Å²) in [5.74, 6) is 0.774. The third-order valence-corrected chi connectivity index (χ3v) is 4.24. The quantitative estimate of drug-likeness (QED) is 0.830. The summed E-state index contributed by atoms with van der Waals surface area (Å²) in [7, 11) is 0. The molecule has 0 amide bonds. The molecule has 0 aliphatic carbocycles. The van der Waals surface area contributed by atoms with Crippen LogP contribution in [0.4, 0.5) is 5.69 Å². The molecule has 4 heteroatoms. The Morgan fingerprint density at radius 2 is 1.86 bits per heavy atom. The highest BCUT2D eigenvalue weighted by Crippen LogP contribution is 2.25. The first-order valence-electron chi connectivity index (χ1n) is 6.93. The molecule has 0 heterocycles. The third kappa shape index (κ3) is 4.76. The zero-order valence-electron chi connectivity index (χ0n) is 12.3. The Kier molecular flexibility index (Phi) is 5.65. The molecule has 2 aromatic carbocycles. The number of nitrogens with one attached hydrogen (secondary N) is 1. The Balaban J connectivity index is 1.80. The number of aliphatic hydroxyl groups is 1. The van der Waals surface area contributed by atoms with E-state index in [9.17, 15) is 5.11 Å². The molecule has 0 aliphatic rings. The molecule has 3 nitrogen and oxygen atoms in total. The first kappa shape index (κ1) is 15.9. The molecule has 0 aliphatic heterocycles. The van der Waals surface area contributed by atoms with Gasteiger partial charge in [-0.15, -0.1) is 0 Å². The second kappa shape index (κ2) is 7.48. The zero-order valence-corrected chi connectivity index (χ0v) is 13.9. The molecular formula is C17H20BrNO2. The summed E-state index contributed by atoms with van der Waals surface area (Å²) in [4.78, 5) is 0. The first-order valence-corrected chi connectivity index (χ1v) is 7.72. The van der Waals surface area contributed by atoms with Crippen LogP contribution in [-0.2, 0) is 0 Å². The van der Waals surface area contributed by atoms with Gasteiger partial charge in [0.1, 0.15) is 18.5 Å². The summed E-state index contributed by atoms with van der Waals surface area (Å²) in [5, 5.41) is 13.2. The van der Waals surface area contributed by atoms with Gasteiger partial charge in [0.15, 0.2) is 0 Å². The van der Waals surface area contributed by atoms with Gasteiger partial charge >= 0.3 is 0 Å². The summed E-state index contributed by atoms with van der Waals surface area (Å²) in [6.07, 6.45) is -0.571. The Morgan fingerprint density at radius 3 is 2.57 bits per heavy atom. The highest BCUT2D eigenvalue weighted by atomic mass is 79.9. The van der Waals surface area contributed by atoms with Gasteiger partial charge < -0.3 is 15.2 Å². The number of hydrogen-bond acceptors (Lipinski definition) is 3. The number of anilines is 1. The van der Waals surface area contributed by atoms with E-state index in [0.717, 1.165) is 21.5 Å². The maximum Gasteiger partial charge on any atom is 0.119 e. The summed E-state index contributed by atoms with van der Waals surface area (Å²) in [6, 6.07) is 13.8. The molecule has 0 aromatic heterocycles. The molecule has 1 unspecified atom stereocenters. The van der Waals surface area contributed by atoms with E-state index < -0.39 is 6.10 Å². The molecule has 0 spiro atoms. The van der Waals surface area contributed by atoms with Crippen molar-refractivity contribution in [2.24, 2.45) is 0 Å². The van der Waals surface area contributed by atoms with Crippen molar-refractivity contribution < 1.29 is 9.84 Å². The highest BCUT2D eigenvalue weighted by molar-refractivity contribution is 9.10. The van der Waals surface area contributed by atoms with Crippen LogP contribution in [-0.4, -0.2) is 24.4 Å². The van der Waals surface area contributed by atoms with Crippen molar-refractivity contribution in [3.05, 3.63) is 58.1 Å². The molecule has 21 heavy (non-hydrogen) atoms. The third-order valence-electron chi connectivity index (χ3n) is 3.18. The number of rotatable bonds is 6. The van der Waals surface area contributed by atoms with Crippen LogP contribution in [0.15, 0.2) is 46.9 Å². The maximum atomic E-state index is 9.98. The molecule has 1 atom stereocenters. The average molecular weight is 350 g/mol. The highest BCUT2D eigenvalue weighted by Gasteiger charge is 2.07. The van der Waals surface area contributed by atoms with Gasteiger partial charge in [0.05, 0.1) is 0 Å². The summed E-state index contributed by atoms with van der Waals surface area (Å²) < 4.78 is 6.59. The van der Waals surface area contributed by atoms with Crippen LogP contribution >= 0.6 is 15.9 Å². The number of aliphatic hydroxyl groups excluding tert-OH is 1. The smallest absolute Gasteiger partial charge is 0.119 e. The minimum atomic E-state index is -0.571. The largest absolute Gasteiger partial charge is 0.491 e. The SMILES string of the molecule is Cc1ccc(OCC(O)CNc2cccc(C)c2Br)cc1. The fourth-order valence-electron chi connectivity index (χ4n) is 1.90. The minimum Gasteiger partial charge on any atom is -0.491 e. The average Bonchev–Trinajstić information content (AvgIpc) is 2.48. The molecular weight excluding hydrogens is 330 g/mol. The second-order valence-electron chi connectivity index (χ2n) is 5.10. The fraction of sp³-hybridized carbons (Fsp3) is 0.294. The van der Waals surface area contributed by atoms with Crippen LogP contribution in [0.2, 0.25) is 0 Å². The Labute approximate surface area is 134 Å². The molecule has 2 aromatic rings. The predicted molar refractivity (Wildman–Crippen MR) is 90.0 cm³/mol. The normalized spacial score (nSPS) is 12.0. The lowest BCUT2D eigenvalue weighted by Crippen LogP contribution is -2.26. The predicted octanol–water partition coefficient (Wildman–Crippen LogP) is 3.92. The Morgan fingerprint density at radius 1 is 1.14 bits per heavy atom. The lowest BCUT2D eigenvalue weighted by Gasteiger charge is -2.15. The van der Waals surface area contributed by atoms with Crippen LogP contribution in [0.25, 0.3) is 0 Å². The van der Waals surface area contributed by atoms with E-state index in [4.69, 9.17) is 4.74 Å². The number of ether oxygens (including phenoxy) is 1. The van der Waals surface area contributed by atoms with E-state index in [1.807, 2.05) is 56.3 Å². The van der Waals surface area contributed by atoms with Crippen LogP contribution < -0.4 is 10.1 Å². The molecule has 0 bridgehead atoms. The summed E-state index contributed by atoms with van der Waals surface area (Å²) in [6.45, 7) is 4.77. The monoisotopic (exact) mass is 349 g/mol.